The third-order valence-corrected chi connectivity index (χ3v) is 4.99. The van der Waals surface area contributed by atoms with E-state index < -0.39 is 0 Å². The summed E-state index contributed by atoms with van der Waals surface area (Å²) in [4.78, 5) is 28.7. The van der Waals surface area contributed by atoms with Crippen molar-refractivity contribution in [3.05, 3.63) is 29.8 Å². The van der Waals surface area contributed by atoms with Gasteiger partial charge in [-0.05, 0) is 31.4 Å². The lowest BCUT2D eigenvalue weighted by molar-refractivity contribution is -0.138. The summed E-state index contributed by atoms with van der Waals surface area (Å²) >= 11 is 0. The number of rotatable bonds is 4. The number of hydrogen-bond donors (Lipinski definition) is 1. The lowest BCUT2D eigenvalue weighted by Gasteiger charge is -2.31. The van der Waals surface area contributed by atoms with Gasteiger partial charge in [-0.25, -0.2) is 0 Å². The first-order valence-electron chi connectivity index (χ1n) is 9.14. The number of nitrogens with zero attached hydrogens (tertiary/aromatic N) is 2. The number of amides is 2. The first kappa shape index (κ1) is 17.7. The molecule has 25 heavy (non-hydrogen) atoms. The highest BCUT2D eigenvalue weighted by Gasteiger charge is 2.27. The van der Waals surface area contributed by atoms with Crippen LogP contribution in [0, 0.1) is 0 Å². The molecule has 1 N–H and O–H groups in total. The molecule has 0 aliphatic carbocycles. The molecule has 6 heteroatoms. The van der Waals surface area contributed by atoms with Crippen molar-refractivity contribution in [1.82, 2.24) is 10.2 Å². The van der Waals surface area contributed by atoms with Gasteiger partial charge < -0.3 is 19.9 Å². The summed E-state index contributed by atoms with van der Waals surface area (Å²) in [5, 5.41) is 2.85. The summed E-state index contributed by atoms with van der Waals surface area (Å²) in [5.41, 5.74) is 2.38. The molecule has 1 aromatic carbocycles. The number of para-hydroxylation sites is 1. The van der Waals surface area contributed by atoms with Crippen molar-refractivity contribution in [2.24, 2.45) is 0 Å². The number of carbonyl (C=O) groups is 2. The van der Waals surface area contributed by atoms with Crippen LogP contribution in [-0.2, 0) is 20.7 Å². The van der Waals surface area contributed by atoms with E-state index in [1.165, 1.54) is 11.3 Å². The van der Waals surface area contributed by atoms with E-state index in [-0.39, 0.29) is 17.9 Å². The third kappa shape index (κ3) is 4.31. The van der Waals surface area contributed by atoms with E-state index in [0.717, 1.165) is 32.7 Å². The molecule has 2 amide bonds. The van der Waals surface area contributed by atoms with Crippen molar-refractivity contribution in [3.8, 4) is 0 Å². The number of ether oxygens (including phenoxy) is 1. The molecule has 0 radical (unpaired) electrons. The van der Waals surface area contributed by atoms with Crippen LogP contribution < -0.4 is 10.2 Å². The van der Waals surface area contributed by atoms with Gasteiger partial charge in [0.2, 0.25) is 11.8 Å². The van der Waals surface area contributed by atoms with Crippen LogP contribution in [0.2, 0.25) is 0 Å². The van der Waals surface area contributed by atoms with Gasteiger partial charge in [0.25, 0.3) is 0 Å². The Labute approximate surface area is 149 Å². The number of hydrogen-bond acceptors (Lipinski definition) is 4. The van der Waals surface area contributed by atoms with Crippen molar-refractivity contribution in [2.75, 3.05) is 44.3 Å². The molecule has 2 aliphatic rings. The molecule has 0 spiro atoms. The standard InChI is InChI=1S/C19H27N3O3/c1-15-19(24)20-9-4-10-22(15)18(23)8-7-16-5-2-3-6-17(16)21-11-13-25-14-12-21/h2-3,5-6,15H,4,7-14H2,1H3,(H,20,24)/t15-/m0/s1. The van der Waals surface area contributed by atoms with Gasteiger partial charge in [0.05, 0.1) is 13.2 Å². The maximum absolute atomic E-state index is 12.7. The summed E-state index contributed by atoms with van der Waals surface area (Å²) in [6.45, 7) is 6.35. The summed E-state index contributed by atoms with van der Waals surface area (Å²) in [7, 11) is 0. The molecule has 2 heterocycles. The minimum Gasteiger partial charge on any atom is -0.378 e. The molecule has 6 nitrogen and oxygen atoms in total. The SMILES string of the molecule is C[C@H]1C(=O)NCCCN1C(=O)CCc1ccccc1N1CCOCC1. The van der Waals surface area contributed by atoms with Crippen molar-refractivity contribution in [2.45, 2.75) is 32.2 Å². The van der Waals surface area contributed by atoms with Crippen molar-refractivity contribution in [3.63, 3.8) is 0 Å². The Balaban J connectivity index is 1.65. The topological polar surface area (TPSA) is 61.9 Å². The lowest BCUT2D eigenvalue weighted by Crippen LogP contribution is -2.45. The van der Waals surface area contributed by atoms with Gasteiger partial charge in [-0.15, -0.1) is 0 Å². The zero-order chi connectivity index (χ0) is 17.6. The van der Waals surface area contributed by atoms with Crippen LogP contribution in [0.3, 0.4) is 0 Å². The van der Waals surface area contributed by atoms with Crippen LogP contribution in [0.1, 0.15) is 25.3 Å². The number of morpholine rings is 1. The second kappa shape index (κ2) is 8.34. The van der Waals surface area contributed by atoms with Crippen LogP contribution in [0.5, 0.6) is 0 Å². The molecule has 2 fully saturated rings. The highest BCUT2D eigenvalue weighted by Crippen LogP contribution is 2.23. The summed E-state index contributed by atoms with van der Waals surface area (Å²) in [5.74, 6) is 0.000831. The quantitative estimate of drug-likeness (QED) is 0.891. The maximum Gasteiger partial charge on any atom is 0.242 e. The number of benzene rings is 1. The first-order valence-corrected chi connectivity index (χ1v) is 9.14. The van der Waals surface area contributed by atoms with Crippen LogP contribution >= 0.6 is 0 Å². The van der Waals surface area contributed by atoms with E-state index in [2.05, 4.69) is 22.3 Å². The van der Waals surface area contributed by atoms with Crippen LogP contribution in [0.25, 0.3) is 0 Å². The van der Waals surface area contributed by atoms with Crippen molar-refractivity contribution in [1.29, 1.82) is 0 Å². The van der Waals surface area contributed by atoms with Gasteiger partial charge in [0.15, 0.2) is 0 Å². The molecule has 136 valence electrons. The van der Waals surface area contributed by atoms with E-state index in [1.807, 2.05) is 12.1 Å². The fourth-order valence-electron chi connectivity index (χ4n) is 3.50. The average Bonchev–Trinajstić information content (AvgIpc) is 2.82. The van der Waals surface area contributed by atoms with Gasteiger partial charge in [-0.2, -0.15) is 0 Å². The predicted molar refractivity (Wildman–Crippen MR) is 96.6 cm³/mol. The molecule has 0 bridgehead atoms. The van der Waals surface area contributed by atoms with Crippen LogP contribution in [0.4, 0.5) is 5.69 Å². The average molecular weight is 345 g/mol. The van der Waals surface area contributed by atoms with E-state index >= 15 is 0 Å². The van der Waals surface area contributed by atoms with Gasteiger partial charge in [0.1, 0.15) is 6.04 Å². The largest absolute Gasteiger partial charge is 0.378 e. The highest BCUT2D eigenvalue weighted by molar-refractivity contribution is 5.87. The minimum absolute atomic E-state index is 0.0560. The molecule has 1 atom stereocenters. The van der Waals surface area contributed by atoms with Crippen LogP contribution in [-0.4, -0.2) is 62.1 Å². The molecule has 0 aromatic heterocycles. The Bertz CT molecular complexity index is 614. The number of aryl methyl sites for hydroxylation is 1. The molecule has 2 saturated heterocycles. The van der Waals surface area contributed by atoms with Gasteiger partial charge >= 0.3 is 0 Å². The van der Waals surface area contributed by atoms with E-state index in [1.54, 1.807) is 11.8 Å². The summed E-state index contributed by atoms with van der Waals surface area (Å²) in [6.07, 6.45) is 1.93. The molecule has 2 aliphatic heterocycles. The van der Waals surface area contributed by atoms with E-state index in [9.17, 15) is 9.59 Å². The molecule has 1 aromatic rings. The Morgan fingerprint density at radius 3 is 2.80 bits per heavy atom. The van der Waals surface area contributed by atoms with Crippen molar-refractivity contribution < 1.29 is 14.3 Å². The number of nitrogens with one attached hydrogen (secondary N) is 1. The van der Waals surface area contributed by atoms with Crippen LogP contribution in [0.15, 0.2) is 24.3 Å². The molecular formula is C19H27N3O3. The van der Waals surface area contributed by atoms with Gasteiger partial charge in [-0.1, -0.05) is 18.2 Å². The van der Waals surface area contributed by atoms with E-state index in [4.69, 9.17) is 4.74 Å². The second-order valence-electron chi connectivity index (χ2n) is 6.64. The Hall–Kier alpha value is -2.08. The Morgan fingerprint density at radius 1 is 1.24 bits per heavy atom. The minimum atomic E-state index is -0.385. The van der Waals surface area contributed by atoms with Gasteiger partial charge in [0, 0.05) is 38.3 Å². The molecule has 0 unspecified atom stereocenters. The maximum atomic E-state index is 12.7. The normalized spacial score (nSPS) is 21.6. The molecule has 3 rings (SSSR count). The Kier molecular flexibility index (Phi) is 5.91. The summed E-state index contributed by atoms with van der Waals surface area (Å²) < 4.78 is 5.43. The van der Waals surface area contributed by atoms with Gasteiger partial charge in [-0.3, -0.25) is 9.59 Å². The summed E-state index contributed by atoms with van der Waals surface area (Å²) in [6, 6.07) is 7.89. The second-order valence-corrected chi connectivity index (χ2v) is 6.64. The first-order chi connectivity index (χ1) is 12.2. The molecular weight excluding hydrogens is 318 g/mol. The number of carbonyl (C=O) groups excluding carboxylic acids is 2. The fraction of sp³-hybridized carbons (Fsp3) is 0.579. The zero-order valence-electron chi connectivity index (χ0n) is 14.9. The van der Waals surface area contributed by atoms with Crippen molar-refractivity contribution >= 4 is 17.5 Å². The monoisotopic (exact) mass is 345 g/mol. The highest BCUT2D eigenvalue weighted by atomic mass is 16.5. The lowest BCUT2D eigenvalue weighted by atomic mass is 10.0. The third-order valence-electron chi connectivity index (χ3n) is 4.99. The molecule has 0 saturated carbocycles. The van der Waals surface area contributed by atoms with E-state index in [0.29, 0.717) is 25.9 Å². The predicted octanol–water partition coefficient (Wildman–Crippen LogP) is 1.19. The number of anilines is 1. The smallest absolute Gasteiger partial charge is 0.242 e. The zero-order valence-corrected chi connectivity index (χ0v) is 14.9. The fourth-order valence-corrected chi connectivity index (χ4v) is 3.50. The Morgan fingerprint density at radius 2 is 2.00 bits per heavy atom.